The second kappa shape index (κ2) is 11.3. The predicted octanol–water partition coefficient (Wildman–Crippen LogP) is 2.48. The molecule has 0 saturated carbocycles. The van der Waals surface area contributed by atoms with E-state index >= 15 is 0 Å². The van der Waals surface area contributed by atoms with Crippen LogP contribution in [0.1, 0.15) is 5.56 Å². The summed E-state index contributed by atoms with van der Waals surface area (Å²) in [6.45, 7) is 1.49. The maximum Gasteiger partial charge on any atom is 0.276 e. The van der Waals surface area contributed by atoms with Crippen molar-refractivity contribution >= 4 is 49.8 Å². The standard InChI is InChI=1S/C21H22BrN5O5S/c22-18-7-9-19(10-8-18)33(31,32)26-14-12-25(13-15-26)16-21(28)24-23-11-3-5-17-4-1-2-6-20(17)27(29)30/h1-11H,12-16H2,(H,24,28)/b5-3+,23-11-. The van der Waals surface area contributed by atoms with Gasteiger partial charge in [0.1, 0.15) is 0 Å². The molecule has 10 nitrogen and oxygen atoms in total. The molecule has 0 bridgehead atoms. The molecule has 1 saturated heterocycles. The SMILES string of the molecule is O=C(CN1CCN(S(=O)(=O)c2ccc(Br)cc2)CC1)N/N=C\C=C\c1ccccc1[N+](=O)[O-]. The van der Waals surface area contributed by atoms with Crippen molar-refractivity contribution in [2.45, 2.75) is 4.90 Å². The van der Waals surface area contributed by atoms with Crippen LogP contribution in [0.15, 0.2) is 69.1 Å². The van der Waals surface area contributed by atoms with Gasteiger partial charge in [0.25, 0.3) is 11.6 Å². The molecule has 12 heteroatoms. The Morgan fingerprint density at radius 2 is 1.79 bits per heavy atom. The van der Waals surface area contributed by atoms with Crippen molar-refractivity contribution in [3.05, 3.63) is 74.8 Å². The normalized spacial score (nSPS) is 15.8. The Kier molecular flexibility index (Phi) is 8.44. The van der Waals surface area contributed by atoms with E-state index in [0.29, 0.717) is 18.7 Å². The third-order valence-corrected chi connectivity index (χ3v) is 7.35. The van der Waals surface area contributed by atoms with Gasteiger partial charge >= 0.3 is 0 Å². The van der Waals surface area contributed by atoms with Gasteiger partial charge in [-0.05, 0) is 42.5 Å². The van der Waals surface area contributed by atoms with Crippen LogP contribution < -0.4 is 5.43 Å². The summed E-state index contributed by atoms with van der Waals surface area (Å²) in [6.07, 6.45) is 4.35. The molecule has 2 aromatic rings. The summed E-state index contributed by atoms with van der Waals surface area (Å²) >= 11 is 3.29. The minimum absolute atomic E-state index is 0.0209. The number of piperazine rings is 1. The van der Waals surface area contributed by atoms with E-state index in [-0.39, 0.29) is 36.1 Å². The molecule has 1 aliphatic rings. The van der Waals surface area contributed by atoms with Crippen LogP contribution in [0.5, 0.6) is 0 Å². The molecule has 0 aliphatic carbocycles. The van der Waals surface area contributed by atoms with E-state index in [2.05, 4.69) is 26.5 Å². The Labute approximate surface area is 199 Å². The van der Waals surface area contributed by atoms with Crippen molar-refractivity contribution in [3.63, 3.8) is 0 Å². The lowest BCUT2D eigenvalue weighted by atomic mass is 10.2. The maximum atomic E-state index is 12.7. The first-order valence-electron chi connectivity index (χ1n) is 9.97. The number of hydrogen-bond acceptors (Lipinski definition) is 7. The Bertz CT molecular complexity index is 1160. The zero-order valence-electron chi connectivity index (χ0n) is 17.5. The van der Waals surface area contributed by atoms with Gasteiger partial charge in [0.05, 0.1) is 21.9 Å². The molecule has 1 N–H and O–H groups in total. The number of amides is 1. The highest BCUT2D eigenvalue weighted by Gasteiger charge is 2.28. The Morgan fingerprint density at radius 3 is 2.45 bits per heavy atom. The van der Waals surface area contributed by atoms with Gasteiger partial charge in [-0.25, -0.2) is 13.8 Å². The van der Waals surface area contributed by atoms with Crippen molar-refractivity contribution in [3.8, 4) is 0 Å². The Morgan fingerprint density at radius 1 is 1.12 bits per heavy atom. The monoisotopic (exact) mass is 535 g/mol. The highest BCUT2D eigenvalue weighted by atomic mass is 79.9. The summed E-state index contributed by atoms with van der Waals surface area (Å²) in [5.74, 6) is -0.338. The van der Waals surface area contributed by atoms with Gasteiger partial charge in [-0.1, -0.05) is 28.1 Å². The van der Waals surface area contributed by atoms with Crippen molar-refractivity contribution in [1.82, 2.24) is 14.6 Å². The first-order chi connectivity index (χ1) is 15.8. The van der Waals surface area contributed by atoms with Gasteiger partial charge in [0.2, 0.25) is 10.0 Å². The highest BCUT2D eigenvalue weighted by molar-refractivity contribution is 9.10. The minimum Gasteiger partial charge on any atom is -0.292 e. The van der Waals surface area contributed by atoms with E-state index in [1.165, 1.54) is 28.7 Å². The second-order valence-electron chi connectivity index (χ2n) is 7.12. The lowest BCUT2D eigenvalue weighted by molar-refractivity contribution is -0.385. The van der Waals surface area contributed by atoms with Gasteiger partial charge < -0.3 is 0 Å². The Balaban J connectivity index is 1.45. The lowest BCUT2D eigenvalue weighted by Crippen LogP contribution is -2.50. The van der Waals surface area contributed by atoms with Crippen LogP contribution in [0.4, 0.5) is 5.69 Å². The summed E-state index contributed by atoms with van der Waals surface area (Å²) in [5, 5.41) is 14.8. The fourth-order valence-electron chi connectivity index (χ4n) is 3.22. The average molecular weight is 536 g/mol. The van der Waals surface area contributed by atoms with E-state index in [9.17, 15) is 23.3 Å². The van der Waals surface area contributed by atoms with Crippen LogP contribution in [0.25, 0.3) is 6.08 Å². The topological polar surface area (TPSA) is 125 Å². The van der Waals surface area contributed by atoms with Crippen LogP contribution in [0, 0.1) is 10.1 Å². The number of carbonyl (C=O) groups excluding carboxylic acids is 1. The number of carbonyl (C=O) groups is 1. The molecule has 3 rings (SSSR count). The van der Waals surface area contributed by atoms with Gasteiger partial charge in [-0.3, -0.25) is 19.8 Å². The van der Waals surface area contributed by atoms with Crippen LogP contribution in [-0.4, -0.2) is 67.4 Å². The van der Waals surface area contributed by atoms with E-state index in [1.807, 2.05) is 4.90 Å². The molecule has 1 amide bonds. The van der Waals surface area contributed by atoms with Crippen molar-refractivity contribution in [2.24, 2.45) is 5.10 Å². The molecular weight excluding hydrogens is 514 g/mol. The summed E-state index contributed by atoms with van der Waals surface area (Å²) < 4.78 is 27.7. The number of allylic oxidation sites excluding steroid dienone is 1. The summed E-state index contributed by atoms with van der Waals surface area (Å²) in [6, 6.07) is 12.8. The molecule has 33 heavy (non-hydrogen) atoms. The summed E-state index contributed by atoms with van der Waals surface area (Å²) in [7, 11) is -3.57. The van der Waals surface area contributed by atoms with Crippen molar-refractivity contribution in [1.29, 1.82) is 0 Å². The lowest BCUT2D eigenvalue weighted by Gasteiger charge is -2.33. The zero-order valence-corrected chi connectivity index (χ0v) is 19.9. The summed E-state index contributed by atoms with van der Waals surface area (Å²) in [5.41, 5.74) is 2.80. The molecule has 0 spiro atoms. The maximum absolute atomic E-state index is 12.7. The highest BCUT2D eigenvalue weighted by Crippen LogP contribution is 2.20. The number of hydrogen-bond donors (Lipinski definition) is 1. The van der Waals surface area contributed by atoms with Crippen LogP contribution in [-0.2, 0) is 14.8 Å². The zero-order chi connectivity index (χ0) is 23.8. The van der Waals surface area contributed by atoms with Gasteiger partial charge in [0.15, 0.2) is 0 Å². The fraction of sp³-hybridized carbons (Fsp3) is 0.238. The quantitative estimate of drug-likeness (QED) is 0.314. The minimum atomic E-state index is -3.57. The molecular formula is C21H22BrN5O5S. The van der Waals surface area contributed by atoms with Gasteiger partial charge in [-0.2, -0.15) is 9.41 Å². The summed E-state index contributed by atoms with van der Waals surface area (Å²) in [4.78, 5) is 24.7. The molecule has 0 aromatic heterocycles. The third-order valence-electron chi connectivity index (χ3n) is 4.91. The van der Waals surface area contributed by atoms with Crippen LogP contribution in [0.3, 0.4) is 0 Å². The van der Waals surface area contributed by atoms with E-state index < -0.39 is 14.9 Å². The van der Waals surface area contributed by atoms with E-state index in [0.717, 1.165) is 4.47 Å². The van der Waals surface area contributed by atoms with Crippen molar-refractivity contribution in [2.75, 3.05) is 32.7 Å². The molecule has 0 atom stereocenters. The number of nitrogens with zero attached hydrogens (tertiary/aromatic N) is 4. The largest absolute Gasteiger partial charge is 0.292 e. The van der Waals surface area contributed by atoms with Gasteiger partial charge in [-0.15, -0.1) is 0 Å². The number of nitrogens with one attached hydrogen (secondary N) is 1. The number of halogens is 1. The molecule has 0 unspecified atom stereocenters. The number of para-hydroxylation sites is 1. The van der Waals surface area contributed by atoms with Crippen LogP contribution >= 0.6 is 15.9 Å². The molecule has 0 radical (unpaired) electrons. The number of hydrazone groups is 1. The van der Waals surface area contributed by atoms with Crippen molar-refractivity contribution < 1.29 is 18.1 Å². The fourth-order valence-corrected chi connectivity index (χ4v) is 4.90. The number of sulfonamides is 1. The molecule has 1 aliphatic heterocycles. The van der Waals surface area contributed by atoms with E-state index in [1.54, 1.807) is 42.5 Å². The molecule has 2 aromatic carbocycles. The van der Waals surface area contributed by atoms with Gasteiger partial charge in [0, 0.05) is 42.9 Å². The molecule has 1 fully saturated rings. The number of benzene rings is 2. The first-order valence-corrected chi connectivity index (χ1v) is 12.2. The third kappa shape index (κ3) is 6.78. The Hall–Kier alpha value is -2.93. The molecule has 174 valence electrons. The number of rotatable bonds is 8. The first kappa shape index (κ1) is 24.7. The number of nitro benzene ring substituents is 1. The van der Waals surface area contributed by atoms with E-state index in [4.69, 9.17) is 0 Å². The molecule has 1 heterocycles. The second-order valence-corrected chi connectivity index (χ2v) is 9.98. The average Bonchev–Trinajstić information content (AvgIpc) is 2.79. The number of nitro groups is 1. The van der Waals surface area contributed by atoms with Crippen LogP contribution in [0.2, 0.25) is 0 Å². The predicted molar refractivity (Wildman–Crippen MR) is 128 cm³/mol. The smallest absolute Gasteiger partial charge is 0.276 e.